The Balaban J connectivity index is 2.05. The lowest BCUT2D eigenvalue weighted by Crippen LogP contribution is -2.18. The molecule has 1 atom stereocenters. The van der Waals surface area contributed by atoms with Crippen LogP contribution >= 0.6 is 0 Å². The predicted molar refractivity (Wildman–Crippen MR) is 80.8 cm³/mol. The maximum atomic E-state index is 6.26. The van der Waals surface area contributed by atoms with Crippen LogP contribution in [0.25, 0.3) is 0 Å². The van der Waals surface area contributed by atoms with Crippen molar-refractivity contribution in [3.05, 3.63) is 59.7 Å². The van der Waals surface area contributed by atoms with Crippen LogP contribution in [0.5, 0.6) is 0 Å². The highest BCUT2D eigenvalue weighted by Gasteiger charge is 2.22. The van der Waals surface area contributed by atoms with Gasteiger partial charge in [-0.3, -0.25) is 0 Å². The Morgan fingerprint density at radius 3 is 2.53 bits per heavy atom. The van der Waals surface area contributed by atoms with Gasteiger partial charge in [-0.25, -0.2) is 0 Å². The molecule has 0 aromatic heterocycles. The van der Waals surface area contributed by atoms with Crippen molar-refractivity contribution >= 4 is 11.4 Å². The summed E-state index contributed by atoms with van der Waals surface area (Å²) in [4.78, 5) is 2.40. The fraction of sp³-hybridized carbons (Fsp3) is 0.294. The average Bonchev–Trinajstić information content (AvgIpc) is 2.90. The molecule has 2 heteroatoms. The molecule has 0 fully saturated rings. The van der Waals surface area contributed by atoms with Crippen molar-refractivity contribution in [3.63, 3.8) is 0 Å². The van der Waals surface area contributed by atoms with E-state index in [0.29, 0.717) is 0 Å². The quantitative estimate of drug-likeness (QED) is 0.900. The Labute approximate surface area is 114 Å². The summed E-state index contributed by atoms with van der Waals surface area (Å²) in [5.41, 5.74) is 11.5. The second kappa shape index (κ2) is 5.06. The number of fused-ring (bicyclic) bond motifs is 1. The van der Waals surface area contributed by atoms with Crippen LogP contribution < -0.4 is 10.6 Å². The molecule has 19 heavy (non-hydrogen) atoms. The maximum Gasteiger partial charge on any atom is 0.0459 e. The summed E-state index contributed by atoms with van der Waals surface area (Å²) < 4.78 is 0. The van der Waals surface area contributed by atoms with Crippen LogP contribution in [0.3, 0.4) is 0 Å². The first-order chi connectivity index (χ1) is 9.31. The molecule has 1 unspecified atom stereocenters. The van der Waals surface area contributed by atoms with Crippen LogP contribution in [0.1, 0.15) is 30.5 Å². The third-order valence-electron chi connectivity index (χ3n) is 3.95. The summed E-state index contributed by atoms with van der Waals surface area (Å²) in [6.07, 6.45) is 2.08. The average molecular weight is 252 g/mol. The van der Waals surface area contributed by atoms with Gasteiger partial charge in [-0.2, -0.15) is 0 Å². The summed E-state index contributed by atoms with van der Waals surface area (Å²) in [6.45, 7) is 3.19. The fourth-order valence-corrected chi connectivity index (χ4v) is 2.86. The van der Waals surface area contributed by atoms with Crippen molar-refractivity contribution in [2.24, 2.45) is 5.73 Å². The van der Waals surface area contributed by atoms with E-state index in [4.69, 9.17) is 5.73 Å². The van der Waals surface area contributed by atoms with Gasteiger partial charge < -0.3 is 10.6 Å². The van der Waals surface area contributed by atoms with Crippen molar-refractivity contribution in [1.82, 2.24) is 0 Å². The van der Waals surface area contributed by atoms with Crippen LogP contribution in [0.2, 0.25) is 0 Å². The summed E-state index contributed by atoms with van der Waals surface area (Å²) in [5.74, 6) is 0. The number of hydrogen-bond donors (Lipinski definition) is 1. The van der Waals surface area contributed by atoms with Gasteiger partial charge in [0.25, 0.3) is 0 Å². The van der Waals surface area contributed by atoms with Gasteiger partial charge in [-0.05, 0) is 36.1 Å². The van der Waals surface area contributed by atoms with E-state index >= 15 is 0 Å². The largest absolute Gasteiger partial charge is 0.341 e. The first-order valence-electron chi connectivity index (χ1n) is 7.01. The molecule has 0 radical (unpaired) electrons. The van der Waals surface area contributed by atoms with E-state index in [1.54, 1.807) is 0 Å². The molecule has 2 N–H and O–H groups in total. The molecular formula is C17H20N2. The lowest BCUT2D eigenvalue weighted by atomic mass is 10.0. The fourth-order valence-electron chi connectivity index (χ4n) is 2.86. The number of anilines is 2. The Morgan fingerprint density at radius 1 is 1.05 bits per heavy atom. The molecule has 0 spiro atoms. The van der Waals surface area contributed by atoms with Gasteiger partial charge in [0.15, 0.2) is 0 Å². The molecule has 0 saturated carbocycles. The molecule has 3 rings (SSSR count). The Morgan fingerprint density at radius 2 is 1.74 bits per heavy atom. The van der Waals surface area contributed by atoms with E-state index in [1.165, 1.54) is 22.5 Å². The molecule has 2 aromatic rings. The topological polar surface area (TPSA) is 29.3 Å². The van der Waals surface area contributed by atoms with Crippen LogP contribution in [0.4, 0.5) is 11.4 Å². The Kier molecular flexibility index (Phi) is 3.26. The van der Waals surface area contributed by atoms with Crippen LogP contribution in [0, 0.1) is 0 Å². The number of nitrogens with zero attached hydrogens (tertiary/aromatic N) is 1. The SMILES string of the molecule is CCC(N)c1ccccc1N1CCc2ccccc21. The van der Waals surface area contributed by atoms with Gasteiger partial charge >= 0.3 is 0 Å². The minimum atomic E-state index is 0.115. The second-order valence-electron chi connectivity index (χ2n) is 5.10. The van der Waals surface area contributed by atoms with Crippen LogP contribution in [0.15, 0.2) is 48.5 Å². The lowest BCUT2D eigenvalue weighted by Gasteiger charge is -2.25. The van der Waals surface area contributed by atoms with Crippen LogP contribution in [-0.2, 0) is 6.42 Å². The van der Waals surface area contributed by atoms with Gasteiger partial charge in [-0.15, -0.1) is 0 Å². The highest BCUT2D eigenvalue weighted by molar-refractivity contribution is 5.72. The van der Waals surface area contributed by atoms with E-state index < -0.39 is 0 Å². The van der Waals surface area contributed by atoms with E-state index in [1.807, 2.05) is 0 Å². The smallest absolute Gasteiger partial charge is 0.0459 e. The monoisotopic (exact) mass is 252 g/mol. The van der Waals surface area contributed by atoms with Crippen molar-refractivity contribution in [2.45, 2.75) is 25.8 Å². The number of benzene rings is 2. The number of para-hydroxylation sites is 2. The van der Waals surface area contributed by atoms with Crippen LogP contribution in [-0.4, -0.2) is 6.54 Å². The Bertz CT molecular complexity index is 577. The van der Waals surface area contributed by atoms with E-state index in [2.05, 4.69) is 60.4 Å². The van der Waals surface area contributed by atoms with Crippen molar-refractivity contribution < 1.29 is 0 Å². The first kappa shape index (κ1) is 12.2. The van der Waals surface area contributed by atoms with Gasteiger partial charge in [-0.1, -0.05) is 43.3 Å². The molecule has 0 amide bonds. The molecule has 2 nitrogen and oxygen atoms in total. The normalized spacial score (nSPS) is 15.4. The minimum Gasteiger partial charge on any atom is -0.341 e. The first-order valence-corrected chi connectivity index (χ1v) is 7.01. The number of nitrogens with two attached hydrogens (primary N) is 1. The molecule has 0 bridgehead atoms. The van der Waals surface area contributed by atoms with E-state index in [-0.39, 0.29) is 6.04 Å². The third kappa shape index (κ3) is 2.13. The Hall–Kier alpha value is -1.80. The number of rotatable bonds is 3. The molecule has 1 aliphatic heterocycles. The van der Waals surface area contributed by atoms with Gasteiger partial charge in [0.1, 0.15) is 0 Å². The lowest BCUT2D eigenvalue weighted by molar-refractivity contribution is 0.697. The van der Waals surface area contributed by atoms with Gasteiger partial charge in [0.05, 0.1) is 0 Å². The second-order valence-corrected chi connectivity index (χ2v) is 5.10. The van der Waals surface area contributed by atoms with Crippen molar-refractivity contribution in [2.75, 3.05) is 11.4 Å². The summed E-state index contributed by atoms with van der Waals surface area (Å²) in [5, 5.41) is 0. The molecule has 1 aliphatic rings. The molecular weight excluding hydrogens is 232 g/mol. The molecule has 1 heterocycles. The van der Waals surface area contributed by atoms with E-state index in [9.17, 15) is 0 Å². The summed E-state index contributed by atoms with van der Waals surface area (Å²) >= 11 is 0. The molecule has 0 aliphatic carbocycles. The van der Waals surface area contributed by atoms with Gasteiger partial charge in [0.2, 0.25) is 0 Å². The van der Waals surface area contributed by atoms with Gasteiger partial charge in [0, 0.05) is 24.0 Å². The van der Waals surface area contributed by atoms with Crippen molar-refractivity contribution in [3.8, 4) is 0 Å². The van der Waals surface area contributed by atoms with Crippen molar-refractivity contribution in [1.29, 1.82) is 0 Å². The highest BCUT2D eigenvalue weighted by Crippen LogP contribution is 2.37. The molecule has 0 saturated heterocycles. The zero-order chi connectivity index (χ0) is 13.2. The summed E-state index contributed by atoms with van der Waals surface area (Å²) in [7, 11) is 0. The minimum absolute atomic E-state index is 0.115. The zero-order valence-corrected chi connectivity index (χ0v) is 11.3. The van der Waals surface area contributed by atoms with E-state index in [0.717, 1.165) is 19.4 Å². The molecule has 98 valence electrons. The standard InChI is InChI=1S/C17H20N2/c1-2-15(18)14-8-4-6-10-17(14)19-12-11-13-7-3-5-9-16(13)19/h3-10,15H,2,11-12,18H2,1H3. The summed E-state index contributed by atoms with van der Waals surface area (Å²) in [6, 6.07) is 17.3. The molecule has 2 aromatic carbocycles. The predicted octanol–water partition coefficient (Wildman–Crippen LogP) is 3.79. The maximum absolute atomic E-state index is 6.26. The highest BCUT2D eigenvalue weighted by atomic mass is 15.2. The third-order valence-corrected chi connectivity index (χ3v) is 3.95. The zero-order valence-electron chi connectivity index (χ0n) is 11.3. The number of hydrogen-bond acceptors (Lipinski definition) is 2.